The molecule has 2 amide bonds. The molecule has 6 aliphatic carbocycles. The maximum atomic E-state index is 13.2. The summed E-state index contributed by atoms with van der Waals surface area (Å²) < 4.78 is 8.01. The van der Waals surface area contributed by atoms with Gasteiger partial charge < -0.3 is 46.0 Å². The minimum absolute atomic E-state index is 0.0513. The van der Waals surface area contributed by atoms with Gasteiger partial charge in [0, 0.05) is 19.4 Å². The monoisotopic (exact) mass is 859 g/mol. The zero-order valence-corrected chi connectivity index (χ0v) is 38.0. The summed E-state index contributed by atoms with van der Waals surface area (Å²) in [7, 11) is 0. The van der Waals surface area contributed by atoms with E-state index in [0.29, 0.717) is 90.0 Å². The molecule has 12 nitrogen and oxygen atoms in total. The maximum Gasteiger partial charge on any atom is 0.326 e. The van der Waals surface area contributed by atoms with Crippen LogP contribution in [0, 0.1) is 63.6 Å². The van der Waals surface area contributed by atoms with Crippen LogP contribution in [0.1, 0.15) is 169 Å². The van der Waals surface area contributed by atoms with E-state index in [1.54, 1.807) is 0 Å². The second kappa shape index (κ2) is 18.6. The first-order valence-corrected chi connectivity index (χ1v) is 24.7. The van der Waals surface area contributed by atoms with Crippen molar-refractivity contribution >= 4 is 17.8 Å². The fourth-order valence-electron chi connectivity index (χ4n) is 15.2. The number of aliphatic hydroxyl groups excluding tert-OH is 5. The summed E-state index contributed by atoms with van der Waals surface area (Å²) in [5, 5.41) is 74.4. The van der Waals surface area contributed by atoms with Crippen LogP contribution in [0.15, 0.2) is 0 Å². The quantitative estimate of drug-likeness (QED) is 0.157. The van der Waals surface area contributed by atoms with Gasteiger partial charge in [0.05, 0.1) is 42.2 Å². The highest BCUT2D eigenvalue weighted by atomic mass is 16.5. The van der Waals surface area contributed by atoms with Gasteiger partial charge in [0.25, 0.3) is 0 Å². The van der Waals surface area contributed by atoms with Crippen LogP contribution in [0.5, 0.6) is 0 Å². The van der Waals surface area contributed by atoms with Crippen molar-refractivity contribution in [2.45, 2.75) is 218 Å². The number of carbonyl (C=O) groups is 3. The topological polar surface area (TPSA) is 206 Å². The molecule has 348 valence electrons. The van der Waals surface area contributed by atoms with Gasteiger partial charge >= 0.3 is 5.97 Å². The molecule has 2 saturated heterocycles. The van der Waals surface area contributed by atoms with Crippen molar-refractivity contribution < 1.29 is 49.8 Å². The van der Waals surface area contributed by atoms with Crippen molar-refractivity contribution in [3.8, 4) is 0 Å². The minimum atomic E-state index is -1.06. The van der Waals surface area contributed by atoms with E-state index in [9.17, 15) is 45.0 Å². The molecule has 0 radical (unpaired) electrons. The molecule has 61 heavy (non-hydrogen) atoms. The third kappa shape index (κ3) is 9.21. The zero-order chi connectivity index (χ0) is 44.1. The summed E-state index contributed by atoms with van der Waals surface area (Å²) >= 11 is 0. The third-order valence-corrected chi connectivity index (χ3v) is 19.3. The van der Waals surface area contributed by atoms with Gasteiger partial charge in [-0.25, -0.2) is 4.79 Å². The first kappa shape index (κ1) is 47.1. The summed E-state index contributed by atoms with van der Waals surface area (Å²) in [6.07, 6.45) is 10.0. The smallest absolute Gasteiger partial charge is 0.326 e. The summed E-state index contributed by atoms with van der Waals surface area (Å²) in [6.45, 7) is 11.5. The van der Waals surface area contributed by atoms with Gasteiger partial charge in [0.1, 0.15) is 6.04 Å². The van der Waals surface area contributed by atoms with Crippen LogP contribution in [0.2, 0.25) is 0 Å². The van der Waals surface area contributed by atoms with E-state index in [4.69, 9.17) is 4.74 Å². The fourth-order valence-corrected chi connectivity index (χ4v) is 15.2. The van der Waals surface area contributed by atoms with Gasteiger partial charge in [0.2, 0.25) is 11.8 Å². The molecule has 11 unspecified atom stereocenters. The van der Waals surface area contributed by atoms with E-state index in [2.05, 4.69) is 45.3 Å². The summed E-state index contributed by atoms with van der Waals surface area (Å²) in [4.78, 5) is 38.2. The van der Waals surface area contributed by atoms with E-state index in [1.165, 1.54) is 0 Å². The Bertz CT molecular complexity index is 1560. The molecular formula is C49H82N2O10. The number of rotatable bonds is 1. The highest BCUT2D eigenvalue weighted by Gasteiger charge is 2.66. The van der Waals surface area contributed by atoms with E-state index in [1.807, 2.05) is 0 Å². The van der Waals surface area contributed by atoms with Crippen molar-refractivity contribution in [2.24, 2.45) is 63.6 Å². The van der Waals surface area contributed by atoms with Crippen LogP contribution in [0.3, 0.4) is 0 Å². The number of amides is 2. The van der Waals surface area contributed by atoms with Gasteiger partial charge in [-0.1, -0.05) is 41.0 Å². The molecule has 12 heteroatoms. The molecule has 18 atom stereocenters. The Morgan fingerprint density at radius 3 is 2.08 bits per heavy atom. The van der Waals surface area contributed by atoms with Crippen molar-refractivity contribution in [1.82, 2.24) is 10.6 Å². The van der Waals surface area contributed by atoms with Gasteiger partial charge in [-0.15, -0.1) is 0 Å². The van der Waals surface area contributed by atoms with Crippen LogP contribution < -0.4 is 10.6 Å². The van der Waals surface area contributed by atoms with Gasteiger partial charge in [-0.2, -0.15) is 0 Å². The molecule has 0 aromatic carbocycles. The van der Waals surface area contributed by atoms with Crippen LogP contribution in [-0.4, -0.2) is 103 Å². The number of carboxylic acids is 1. The Hall–Kier alpha value is -1.83. The molecule has 4 bridgehead atoms. The lowest BCUT2D eigenvalue weighted by Gasteiger charge is -2.67. The fraction of sp³-hybridized carbons (Fsp3) is 0.939. The predicted octanol–water partition coefficient (Wildman–Crippen LogP) is 5.88. The Kier molecular flexibility index (Phi) is 14.4. The molecule has 8 N–H and O–H groups in total. The molecule has 1 spiro atoms. The number of aliphatic hydroxyl groups is 5. The Balaban J connectivity index is 1.24. The standard InChI is InChI=1S/C49H82N2O10/c1-28-11-10-15-42(57)50-20-9-8-13-37(45(59)60)51-43(58)14-7-6-12-34-44-36(26-40(55)46(34,2)3)47(4)18-16-31(52)21-29(47)24-39(44)61-49-19-17-32(53)22-30(49)23-38(54)33-27-48(28,5)41(56)25-35(33)49/h28-41,44,52-56H,6-27H2,1-5H3,(H,50,57)(H,51,58)(H,59,60)/t28?,29-,30-,31+,32+,33-,34-,35?,36?,37?,38?,39?,40?,41?,44-,47?,48?,49?/m0/s1. The number of hydrogen-bond acceptors (Lipinski definition) is 9. The normalized spacial score (nSPS) is 49.2. The van der Waals surface area contributed by atoms with Crippen LogP contribution in [-0.2, 0) is 19.1 Å². The van der Waals surface area contributed by atoms with E-state index >= 15 is 0 Å². The first-order valence-electron chi connectivity index (χ1n) is 24.7. The molecule has 6 saturated carbocycles. The molecule has 8 rings (SSSR count). The zero-order valence-electron chi connectivity index (χ0n) is 38.0. The first-order chi connectivity index (χ1) is 28.8. The van der Waals surface area contributed by atoms with Crippen LogP contribution in [0.25, 0.3) is 0 Å². The SMILES string of the molecule is CC1CCCC(=O)NCCCCC(C(=O)O)NC(=O)CCCC[C@H]2[C@@H]3C(C[C@@H]4C[C@H](O)CCC4(C)C3CC(O)C2(C)C)OC23CC[C@@H](O)C[C@H]2CC(O)[C@H]2CC1(C)C(O)CC23. The summed E-state index contributed by atoms with van der Waals surface area (Å²) in [6, 6.07) is -0.990. The number of carbonyl (C=O) groups excluding carboxylic acids is 2. The molecule has 0 aromatic rings. The van der Waals surface area contributed by atoms with E-state index in [0.717, 1.165) is 38.5 Å². The second-order valence-corrected chi connectivity index (χ2v) is 22.8. The largest absolute Gasteiger partial charge is 0.480 e. The number of carboxylic acid groups (broad SMARTS) is 1. The Morgan fingerprint density at radius 2 is 1.34 bits per heavy atom. The summed E-state index contributed by atoms with van der Waals surface area (Å²) in [5.74, 6) is -1.04. The molecule has 8 aliphatic rings. The molecule has 2 heterocycles. The lowest BCUT2D eigenvalue weighted by molar-refractivity contribution is -0.296. The average Bonchev–Trinajstić information content (AvgIpc) is 3.19. The van der Waals surface area contributed by atoms with E-state index < -0.39 is 52.9 Å². The van der Waals surface area contributed by atoms with Gasteiger partial charge in [-0.05, 0) is 179 Å². The summed E-state index contributed by atoms with van der Waals surface area (Å²) in [5.41, 5.74) is -1.65. The number of ether oxygens (including phenoxy) is 1. The van der Waals surface area contributed by atoms with E-state index in [-0.39, 0.29) is 89.6 Å². The highest BCUT2D eigenvalue weighted by Crippen LogP contribution is 2.67. The Morgan fingerprint density at radius 1 is 0.672 bits per heavy atom. The molecule has 0 aromatic heterocycles. The molecular weight excluding hydrogens is 777 g/mol. The molecule has 8 fully saturated rings. The average molecular weight is 859 g/mol. The number of aliphatic carboxylic acids is 1. The lowest BCUT2D eigenvalue weighted by Crippen LogP contribution is -2.68. The van der Waals surface area contributed by atoms with Crippen molar-refractivity contribution in [3.05, 3.63) is 0 Å². The lowest BCUT2D eigenvalue weighted by atomic mass is 9.43. The molecule has 2 aliphatic heterocycles. The maximum absolute atomic E-state index is 13.2. The highest BCUT2D eigenvalue weighted by molar-refractivity contribution is 5.83. The van der Waals surface area contributed by atoms with Gasteiger partial charge in [-0.3, -0.25) is 9.59 Å². The van der Waals surface area contributed by atoms with Crippen molar-refractivity contribution in [2.75, 3.05) is 6.54 Å². The predicted molar refractivity (Wildman–Crippen MR) is 231 cm³/mol. The third-order valence-electron chi connectivity index (χ3n) is 19.3. The van der Waals surface area contributed by atoms with Crippen LogP contribution in [0.4, 0.5) is 0 Å². The number of fused-ring (bicyclic) bond motifs is 19. The minimum Gasteiger partial charge on any atom is -0.480 e. The van der Waals surface area contributed by atoms with Crippen molar-refractivity contribution in [1.29, 1.82) is 0 Å². The van der Waals surface area contributed by atoms with Crippen molar-refractivity contribution in [3.63, 3.8) is 0 Å². The Labute approximate surface area is 365 Å². The van der Waals surface area contributed by atoms with Crippen LogP contribution >= 0.6 is 0 Å². The van der Waals surface area contributed by atoms with Gasteiger partial charge in [0.15, 0.2) is 0 Å². The number of hydrogen-bond donors (Lipinski definition) is 8. The second-order valence-electron chi connectivity index (χ2n) is 22.8. The number of nitrogens with one attached hydrogen (secondary N) is 2.